The molecule has 0 radical (unpaired) electrons. The zero-order valence-corrected chi connectivity index (χ0v) is 79.5. The molecule has 31 nitrogen and oxygen atoms in total. The van der Waals surface area contributed by atoms with Crippen LogP contribution in [0.4, 0.5) is 18.9 Å². The first-order valence-electron chi connectivity index (χ1n) is 40.4. The number of nitrogens with zero attached hydrogens (tertiary/aromatic N) is 15. The van der Waals surface area contributed by atoms with Gasteiger partial charge in [0.25, 0.3) is 5.69 Å². The molecule has 43 heteroatoms. The number of aromatic nitrogens is 14. The molecule has 0 spiro atoms. The van der Waals surface area contributed by atoms with E-state index in [1.54, 1.807) is 98.8 Å². The van der Waals surface area contributed by atoms with E-state index in [2.05, 4.69) is 69.8 Å². The van der Waals surface area contributed by atoms with E-state index in [4.69, 9.17) is 140 Å². The molecule has 14 aromatic rings. The molecule has 0 unspecified atom stereocenters. The second-order valence-electron chi connectivity index (χ2n) is 29.2. The molecule has 0 fully saturated rings. The average Bonchev–Trinajstić information content (AvgIpc) is 0.823. The van der Waals surface area contributed by atoms with E-state index in [1.165, 1.54) is 92.8 Å². The summed E-state index contributed by atoms with van der Waals surface area (Å²) in [5.41, 5.74) is 8.98. The third-order valence-corrected chi connectivity index (χ3v) is 21.7. The number of rotatable bonds is 29. The standard InChI is InChI=1S/C15H13F3N2O2.C14H13ClN2O2.C14H13N3O4.4C13H10Cl2N2O2/c1-9-2-10(4-12(3-9)15(16,17)18)5-14-19-6-11(7-20-14)13(22)8-21;1-9-2-3-10(4-12(9)15)5-14-16-6-11(7-17-14)13(19)8-18;1-9-4-10(2-3-12(9)17(20)21)5-14-15-6-11(7-16-14)13(19)8-18;14-10-1-8(2-11(15)4-10)3-13-16-5-9(6-17-13)12(19)7-18;14-10-1-2-11(15)8(3-10)4-13-16-5-9(6-17-13)12(19)7-18;14-10-2-1-8(11(15)4-10)3-13-16-5-9(6-17-13)12(19)7-18;14-10-3-1-2-8(13(10)15)4-12-16-5-9(6-17-12)11(19)7-18/h2-4,6-7,21H,5,8H2,1H3;2-4,6-7,18H,5,8H2,1H3;2-4,6-7,18H,5,8H2,1H3;1-2,4-6,18H,3,7H2;1-3,5-6,18H,4,7H2;1-2,4-6,18H,3,7H2;1-3,5-6,18H,4,7H2. The SMILES string of the molecule is Cc1cc(Cc2ncc(C(=O)CO)cn2)cc(C(F)(F)F)c1.Cc1cc(Cc2ncc(C(=O)CO)cn2)ccc1[N+](=O)[O-].Cc1ccc(Cc2ncc(C(=O)CO)cn2)cc1Cl.O=C(CO)c1cnc(Cc2cc(Cl)cc(Cl)c2)nc1.O=C(CO)c1cnc(Cc2cc(Cl)ccc2Cl)nc1.O=C(CO)c1cnc(Cc2ccc(Cl)cc2Cl)nc1.O=C(CO)c1cnc(Cc2cccc(Cl)c2Cl)nc1. The fraction of sp³-hybridized carbons (Fsp3) is 0.189. The van der Waals surface area contributed by atoms with Gasteiger partial charge in [-0.3, -0.25) is 43.7 Å². The average molecular weight is 2060 g/mol. The Kier molecular flexibility index (Phi) is 44.1. The maximum Gasteiger partial charge on any atom is 0.416 e. The number of Topliss-reactive ketones (excluding diaryl/α,β-unsaturated/α-hetero) is 7. The summed E-state index contributed by atoms with van der Waals surface area (Å²) in [5, 5.41) is 76.9. The number of alkyl halides is 3. The number of ketones is 7. The monoisotopic (exact) mass is 2060 g/mol. The number of nitro groups is 1. The van der Waals surface area contributed by atoms with Crippen molar-refractivity contribution in [3.63, 3.8) is 0 Å². The molecule has 7 heterocycles. The van der Waals surface area contributed by atoms with E-state index in [-0.39, 0.29) is 51.3 Å². The van der Waals surface area contributed by atoms with Crippen LogP contribution in [0.5, 0.6) is 0 Å². The lowest BCUT2D eigenvalue weighted by molar-refractivity contribution is -0.385. The van der Waals surface area contributed by atoms with Crippen molar-refractivity contribution in [2.75, 3.05) is 46.2 Å². The van der Waals surface area contributed by atoms with Gasteiger partial charge in [0.15, 0.2) is 40.5 Å². The lowest BCUT2D eigenvalue weighted by atomic mass is 10.0. The Morgan fingerprint density at radius 3 is 0.971 bits per heavy atom. The van der Waals surface area contributed by atoms with Crippen molar-refractivity contribution < 1.29 is 87.4 Å². The molecule has 7 N–H and O–H groups in total. The first-order valence-corrected chi connectivity index (χ1v) is 43.8. The van der Waals surface area contributed by atoms with Gasteiger partial charge in [0.05, 0.1) is 59.5 Å². The van der Waals surface area contributed by atoms with E-state index in [0.717, 1.165) is 51.1 Å². The highest BCUT2D eigenvalue weighted by Gasteiger charge is 2.31. The highest BCUT2D eigenvalue weighted by atomic mass is 35.5. The van der Waals surface area contributed by atoms with Crippen molar-refractivity contribution in [3.8, 4) is 0 Å². The summed E-state index contributed by atoms with van der Waals surface area (Å²) in [6, 6.07) is 35.3. The van der Waals surface area contributed by atoms with Crippen LogP contribution >= 0.6 is 104 Å². The minimum absolute atomic E-state index is 0.0727. The minimum Gasteiger partial charge on any atom is -0.388 e. The van der Waals surface area contributed by atoms with Gasteiger partial charge in [-0.25, -0.2) is 69.8 Å². The molecule has 0 aliphatic carbocycles. The third kappa shape index (κ3) is 35.7. The largest absolute Gasteiger partial charge is 0.416 e. The molecule has 0 saturated carbocycles. The molecule has 138 heavy (non-hydrogen) atoms. The molecular weight excluding hydrogens is 1980 g/mol. The predicted octanol–water partition coefficient (Wildman–Crippen LogP) is 16.4. The molecule has 0 bridgehead atoms. The van der Waals surface area contributed by atoms with Crippen LogP contribution < -0.4 is 0 Å². The fourth-order valence-corrected chi connectivity index (χ4v) is 13.7. The molecular formula is C95H79Cl9F3N15O16. The molecule has 0 aliphatic rings. The maximum absolute atomic E-state index is 12.8. The zero-order chi connectivity index (χ0) is 101. The van der Waals surface area contributed by atoms with E-state index in [0.29, 0.717) is 147 Å². The second-order valence-corrected chi connectivity index (χ2v) is 32.9. The van der Waals surface area contributed by atoms with Crippen LogP contribution in [0.25, 0.3) is 0 Å². The third-order valence-electron chi connectivity index (χ3n) is 18.8. The van der Waals surface area contributed by atoms with Crippen molar-refractivity contribution >= 4 is 151 Å². The number of halogens is 12. The predicted molar refractivity (Wildman–Crippen MR) is 510 cm³/mol. The number of hydrogen-bond acceptors (Lipinski definition) is 30. The normalized spacial score (nSPS) is 10.6. The maximum atomic E-state index is 12.8. The van der Waals surface area contributed by atoms with E-state index < -0.39 is 97.6 Å². The molecule has 0 saturated heterocycles. The fourth-order valence-electron chi connectivity index (χ4n) is 11.7. The van der Waals surface area contributed by atoms with E-state index in [1.807, 2.05) is 31.2 Å². The van der Waals surface area contributed by atoms with Gasteiger partial charge in [-0.1, -0.05) is 152 Å². The number of hydrogen-bond donors (Lipinski definition) is 7. The lowest BCUT2D eigenvalue weighted by Gasteiger charge is -2.10. The summed E-state index contributed by atoms with van der Waals surface area (Å²) >= 11 is 53.7. The first-order chi connectivity index (χ1) is 65.8. The number of aliphatic hydroxyl groups excluding tert-OH is 7. The topological polar surface area (TPSA) is 485 Å². The molecule has 7 aromatic carbocycles. The summed E-state index contributed by atoms with van der Waals surface area (Å²) in [5.74, 6) is 0.580. The van der Waals surface area contributed by atoms with Crippen molar-refractivity contribution in [3.05, 3.63) is 410 Å². The Morgan fingerprint density at radius 2 is 0.623 bits per heavy atom. The number of nitro benzene ring substituents is 1. The second kappa shape index (κ2) is 55.0. The van der Waals surface area contributed by atoms with Gasteiger partial charge in [-0.15, -0.1) is 0 Å². The van der Waals surface area contributed by atoms with Crippen LogP contribution in [0.3, 0.4) is 0 Å². The van der Waals surface area contributed by atoms with Crippen molar-refractivity contribution in [2.45, 2.75) is 71.9 Å². The lowest BCUT2D eigenvalue weighted by Crippen LogP contribution is -2.08. The Hall–Kier alpha value is -12.7. The summed E-state index contributed by atoms with van der Waals surface area (Å²) in [4.78, 5) is 146. The van der Waals surface area contributed by atoms with E-state index >= 15 is 0 Å². The van der Waals surface area contributed by atoms with Gasteiger partial charge in [-0.05, 0) is 144 Å². The number of aryl methyl sites for hydroxylation is 3. The molecule has 714 valence electrons. The van der Waals surface area contributed by atoms with Crippen molar-refractivity contribution in [1.82, 2.24) is 69.8 Å². The number of benzene rings is 7. The quantitative estimate of drug-likeness (QED) is 0.0130. The van der Waals surface area contributed by atoms with Crippen molar-refractivity contribution in [2.24, 2.45) is 0 Å². The number of aliphatic hydroxyl groups is 7. The number of carbonyl (C=O) groups excluding carboxylic acids is 7. The molecule has 0 aliphatic heterocycles. The van der Waals surface area contributed by atoms with Gasteiger partial charge in [0, 0.05) is 178 Å². The van der Waals surface area contributed by atoms with Crippen LogP contribution in [0.15, 0.2) is 214 Å². The smallest absolute Gasteiger partial charge is 0.388 e. The molecule has 0 amide bonds. The first kappa shape index (κ1) is 111. The van der Waals surface area contributed by atoms with Gasteiger partial charge >= 0.3 is 6.18 Å². The van der Waals surface area contributed by atoms with Gasteiger partial charge in [0.2, 0.25) is 0 Å². The molecule has 0 atom stereocenters. The summed E-state index contributed by atoms with van der Waals surface area (Å²) in [6.45, 7) is 1.24. The molecule has 7 aromatic heterocycles. The van der Waals surface area contributed by atoms with Crippen LogP contribution in [0, 0.1) is 30.9 Å². The summed E-state index contributed by atoms with van der Waals surface area (Å²) < 4.78 is 38.3. The molecule has 14 rings (SSSR count). The highest BCUT2D eigenvalue weighted by molar-refractivity contribution is 6.42. The zero-order valence-electron chi connectivity index (χ0n) is 72.7. The van der Waals surface area contributed by atoms with Crippen LogP contribution in [0.2, 0.25) is 45.2 Å². The Labute approximate surface area is 830 Å². The number of carbonyl (C=O) groups is 7. The van der Waals surface area contributed by atoms with Crippen LogP contribution in [-0.2, 0) is 51.1 Å². The summed E-state index contributed by atoms with van der Waals surface area (Å²) in [6.07, 6.45) is 17.6. The van der Waals surface area contributed by atoms with Gasteiger partial charge in [0.1, 0.15) is 87.0 Å². The Morgan fingerprint density at radius 1 is 0.297 bits per heavy atom. The Bertz CT molecular complexity index is 6510. The van der Waals surface area contributed by atoms with Crippen LogP contribution in [-0.4, -0.2) is 197 Å². The Balaban J connectivity index is 0.000000198. The van der Waals surface area contributed by atoms with E-state index in [9.17, 15) is 56.8 Å². The van der Waals surface area contributed by atoms with Crippen molar-refractivity contribution in [1.29, 1.82) is 0 Å². The van der Waals surface area contributed by atoms with Gasteiger partial charge < -0.3 is 35.7 Å². The summed E-state index contributed by atoms with van der Waals surface area (Å²) in [7, 11) is 0. The van der Waals surface area contributed by atoms with Gasteiger partial charge in [-0.2, -0.15) is 13.2 Å². The van der Waals surface area contributed by atoms with Crippen LogP contribution in [0.1, 0.15) is 174 Å². The minimum atomic E-state index is -4.40. The highest BCUT2D eigenvalue weighted by Crippen LogP contribution is 2.33.